The summed E-state index contributed by atoms with van der Waals surface area (Å²) in [5, 5.41) is 5.80. The van der Waals surface area contributed by atoms with Gasteiger partial charge in [-0.05, 0) is 48.0 Å². The Bertz CT molecular complexity index is 1190. The van der Waals surface area contributed by atoms with E-state index in [0.29, 0.717) is 23.7 Å². The molecule has 0 aliphatic rings. The van der Waals surface area contributed by atoms with Gasteiger partial charge in [-0.15, -0.1) is 0 Å². The maximum atomic E-state index is 11.3. The lowest BCUT2D eigenvalue weighted by molar-refractivity contribution is -0.111. The highest BCUT2D eigenvalue weighted by Crippen LogP contribution is 2.22. The van der Waals surface area contributed by atoms with E-state index in [1.807, 2.05) is 60.7 Å². The van der Waals surface area contributed by atoms with E-state index in [1.54, 1.807) is 18.3 Å². The number of amides is 1. The molecule has 2 N–H and O–H groups in total. The number of hydrogen-bond acceptors (Lipinski definition) is 6. The van der Waals surface area contributed by atoms with Crippen molar-refractivity contribution in [1.82, 2.24) is 15.0 Å². The molecule has 2 aromatic carbocycles. The highest BCUT2D eigenvalue weighted by molar-refractivity contribution is 5.98. The Labute approximate surface area is 185 Å². The molecule has 0 spiro atoms. The van der Waals surface area contributed by atoms with Crippen LogP contribution in [-0.4, -0.2) is 20.9 Å². The Balaban J connectivity index is 1.37. The number of carbonyl (C=O) groups is 1. The minimum absolute atomic E-state index is 0.285. The molecule has 0 fully saturated rings. The van der Waals surface area contributed by atoms with E-state index in [4.69, 9.17) is 4.74 Å². The van der Waals surface area contributed by atoms with Crippen LogP contribution in [0.2, 0.25) is 0 Å². The fraction of sp³-hybridized carbons (Fsp3) is 0.0400. The SMILES string of the molecule is C=CC(=O)Nc1ccc(Nc2cc(Cc3ccc(Oc4ccccc4)cc3)ncn2)nc1. The molecule has 2 aromatic heterocycles. The molecule has 0 bridgehead atoms. The lowest BCUT2D eigenvalue weighted by atomic mass is 10.1. The summed E-state index contributed by atoms with van der Waals surface area (Å²) in [7, 11) is 0. The van der Waals surface area contributed by atoms with Gasteiger partial charge in [0.05, 0.1) is 17.6 Å². The fourth-order valence-electron chi connectivity index (χ4n) is 2.94. The molecule has 2 heterocycles. The number of hydrogen-bond donors (Lipinski definition) is 2. The van der Waals surface area contributed by atoms with Gasteiger partial charge in [0, 0.05) is 12.5 Å². The average molecular weight is 423 g/mol. The van der Waals surface area contributed by atoms with Crippen molar-refractivity contribution in [1.29, 1.82) is 0 Å². The van der Waals surface area contributed by atoms with Gasteiger partial charge in [-0.25, -0.2) is 15.0 Å². The monoisotopic (exact) mass is 423 g/mol. The molecular weight excluding hydrogens is 402 g/mol. The Kier molecular flexibility index (Phi) is 6.48. The van der Waals surface area contributed by atoms with Crippen molar-refractivity contribution in [3.05, 3.63) is 109 Å². The van der Waals surface area contributed by atoms with Crippen LogP contribution in [0.25, 0.3) is 0 Å². The molecule has 0 atom stereocenters. The van der Waals surface area contributed by atoms with Crippen LogP contribution in [-0.2, 0) is 11.2 Å². The molecule has 0 aliphatic carbocycles. The molecule has 1 amide bonds. The van der Waals surface area contributed by atoms with Crippen LogP contribution in [0.15, 0.2) is 98.0 Å². The number of nitrogens with zero attached hydrogens (tertiary/aromatic N) is 3. The Morgan fingerprint density at radius 2 is 1.69 bits per heavy atom. The topological polar surface area (TPSA) is 89.0 Å². The molecule has 158 valence electrons. The Morgan fingerprint density at radius 1 is 0.906 bits per heavy atom. The Hall–Kier alpha value is -4.52. The van der Waals surface area contributed by atoms with Gasteiger partial charge in [0.25, 0.3) is 0 Å². The first kappa shape index (κ1) is 20.7. The summed E-state index contributed by atoms with van der Waals surface area (Å²) >= 11 is 0. The molecule has 7 nitrogen and oxygen atoms in total. The number of para-hydroxylation sites is 1. The predicted molar refractivity (Wildman–Crippen MR) is 124 cm³/mol. The van der Waals surface area contributed by atoms with Crippen molar-refractivity contribution in [2.24, 2.45) is 0 Å². The van der Waals surface area contributed by atoms with Crippen LogP contribution in [0, 0.1) is 0 Å². The van der Waals surface area contributed by atoms with Gasteiger partial charge in [0.1, 0.15) is 29.5 Å². The molecule has 32 heavy (non-hydrogen) atoms. The van der Waals surface area contributed by atoms with Crippen LogP contribution in [0.5, 0.6) is 11.5 Å². The zero-order chi connectivity index (χ0) is 22.2. The van der Waals surface area contributed by atoms with Crippen LogP contribution in [0.4, 0.5) is 17.3 Å². The van der Waals surface area contributed by atoms with Gasteiger partial charge in [-0.3, -0.25) is 4.79 Å². The third-order valence-corrected chi connectivity index (χ3v) is 4.48. The normalized spacial score (nSPS) is 10.2. The summed E-state index contributed by atoms with van der Waals surface area (Å²) < 4.78 is 5.83. The van der Waals surface area contributed by atoms with Crippen molar-refractivity contribution in [2.75, 3.05) is 10.6 Å². The standard InChI is InChI=1S/C25H21N5O2/c1-2-25(31)29-19-10-13-23(26-16-19)30-24-15-20(27-17-28-24)14-18-8-11-22(12-9-18)32-21-6-4-3-5-7-21/h2-13,15-17H,1,14H2,(H,29,31)(H,26,27,28,30). The average Bonchev–Trinajstić information content (AvgIpc) is 2.82. The highest BCUT2D eigenvalue weighted by Gasteiger charge is 2.04. The number of pyridine rings is 1. The molecule has 0 aliphatic heterocycles. The smallest absolute Gasteiger partial charge is 0.247 e. The molecule has 0 radical (unpaired) electrons. The van der Waals surface area contributed by atoms with Gasteiger partial charge < -0.3 is 15.4 Å². The van der Waals surface area contributed by atoms with E-state index >= 15 is 0 Å². The summed E-state index contributed by atoms with van der Waals surface area (Å²) in [5.41, 5.74) is 2.56. The minimum atomic E-state index is -0.285. The molecule has 4 rings (SSSR count). The van der Waals surface area contributed by atoms with E-state index in [-0.39, 0.29) is 5.91 Å². The summed E-state index contributed by atoms with van der Waals surface area (Å²) in [6.07, 6.45) is 4.94. The first-order valence-corrected chi connectivity index (χ1v) is 9.97. The van der Waals surface area contributed by atoms with Crippen molar-refractivity contribution in [3.63, 3.8) is 0 Å². The number of rotatable bonds is 8. The molecule has 4 aromatic rings. The number of ether oxygens (including phenoxy) is 1. The van der Waals surface area contributed by atoms with E-state index in [0.717, 1.165) is 22.8 Å². The van der Waals surface area contributed by atoms with E-state index < -0.39 is 0 Å². The van der Waals surface area contributed by atoms with Crippen molar-refractivity contribution >= 4 is 23.2 Å². The second-order valence-corrected chi connectivity index (χ2v) is 6.88. The maximum Gasteiger partial charge on any atom is 0.247 e. The molecular formula is C25H21N5O2. The van der Waals surface area contributed by atoms with Gasteiger partial charge in [-0.2, -0.15) is 0 Å². The zero-order valence-corrected chi connectivity index (χ0v) is 17.2. The largest absolute Gasteiger partial charge is 0.457 e. The molecule has 0 unspecified atom stereocenters. The minimum Gasteiger partial charge on any atom is -0.457 e. The third-order valence-electron chi connectivity index (χ3n) is 4.48. The number of carbonyl (C=O) groups excluding carboxylic acids is 1. The van der Waals surface area contributed by atoms with Gasteiger partial charge in [-0.1, -0.05) is 36.9 Å². The fourth-order valence-corrected chi connectivity index (χ4v) is 2.94. The zero-order valence-electron chi connectivity index (χ0n) is 17.2. The van der Waals surface area contributed by atoms with Gasteiger partial charge in [0.15, 0.2) is 0 Å². The first-order chi connectivity index (χ1) is 15.7. The first-order valence-electron chi connectivity index (χ1n) is 9.97. The maximum absolute atomic E-state index is 11.3. The van der Waals surface area contributed by atoms with Gasteiger partial charge in [0.2, 0.25) is 5.91 Å². The van der Waals surface area contributed by atoms with Crippen LogP contribution in [0.3, 0.4) is 0 Å². The summed E-state index contributed by atoms with van der Waals surface area (Å²) in [6, 6.07) is 23.0. The van der Waals surface area contributed by atoms with Crippen LogP contribution < -0.4 is 15.4 Å². The summed E-state index contributed by atoms with van der Waals surface area (Å²) in [4.78, 5) is 24.3. The van der Waals surface area contributed by atoms with Crippen molar-refractivity contribution in [2.45, 2.75) is 6.42 Å². The van der Waals surface area contributed by atoms with Crippen molar-refractivity contribution < 1.29 is 9.53 Å². The highest BCUT2D eigenvalue weighted by atomic mass is 16.5. The summed E-state index contributed by atoms with van der Waals surface area (Å²) in [6.45, 7) is 3.42. The number of anilines is 3. The van der Waals surface area contributed by atoms with Crippen molar-refractivity contribution in [3.8, 4) is 11.5 Å². The predicted octanol–water partition coefficient (Wildman–Crippen LogP) is 5.12. The number of benzene rings is 2. The molecule has 0 saturated heterocycles. The lowest BCUT2D eigenvalue weighted by Crippen LogP contribution is -2.07. The van der Waals surface area contributed by atoms with Crippen LogP contribution in [0.1, 0.15) is 11.3 Å². The van der Waals surface area contributed by atoms with E-state index in [9.17, 15) is 4.79 Å². The van der Waals surface area contributed by atoms with Gasteiger partial charge >= 0.3 is 0 Å². The number of nitrogens with one attached hydrogen (secondary N) is 2. The van der Waals surface area contributed by atoms with E-state index in [1.165, 1.54) is 12.4 Å². The quantitative estimate of drug-likeness (QED) is 0.382. The number of aromatic nitrogens is 3. The van der Waals surface area contributed by atoms with E-state index in [2.05, 4.69) is 32.2 Å². The molecule has 7 heteroatoms. The lowest BCUT2D eigenvalue weighted by Gasteiger charge is -2.08. The molecule has 0 saturated carbocycles. The Morgan fingerprint density at radius 3 is 2.41 bits per heavy atom. The summed E-state index contributed by atoms with van der Waals surface area (Å²) in [5.74, 6) is 2.54. The third kappa shape index (κ3) is 5.76. The second-order valence-electron chi connectivity index (χ2n) is 6.88. The second kappa shape index (κ2) is 9.99. The van der Waals surface area contributed by atoms with Crippen LogP contribution >= 0.6 is 0 Å².